The van der Waals surface area contributed by atoms with Crippen LogP contribution >= 0.6 is 0 Å². The topological polar surface area (TPSA) is 93.5 Å². The number of anilines is 1. The lowest BCUT2D eigenvalue weighted by atomic mass is 9.84. The maximum absolute atomic E-state index is 12.9. The second kappa shape index (κ2) is 10.0. The first-order valence-electron chi connectivity index (χ1n) is 13.1. The average Bonchev–Trinajstić information content (AvgIpc) is 2.88. The first kappa shape index (κ1) is 25.6. The normalized spacial score (nSPS) is 21.8. The summed E-state index contributed by atoms with van der Waals surface area (Å²) in [5.74, 6) is 0.562. The number of hydrogen-bond donors (Lipinski definition) is 1. The van der Waals surface area contributed by atoms with Crippen molar-refractivity contribution in [2.24, 2.45) is 5.41 Å². The molecule has 2 aromatic rings. The van der Waals surface area contributed by atoms with Crippen LogP contribution in [0.3, 0.4) is 0 Å². The third-order valence-electron chi connectivity index (χ3n) is 7.76. The molecule has 9 heteroatoms. The van der Waals surface area contributed by atoms with Crippen LogP contribution in [0.1, 0.15) is 31.9 Å². The smallest absolute Gasteiger partial charge is 0.407 e. The van der Waals surface area contributed by atoms with Crippen LogP contribution in [0, 0.1) is 12.3 Å². The molecular formula is C28H37N3O6. The predicted molar refractivity (Wildman–Crippen MR) is 141 cm³/mol. The fraction of sp³-hybridized carbons (Fsp3) is 0.571. The number of carboxylic acid groups (broad SMARTS) is 1. The molecule has 0 spiro atoms. The number of carbonyl (C=O) groups is 1. The molecule has 4 heterocycles. The van der Waals surface area contributed by atoms with Crippen molar-refractivity contribution in [2.75, 3.05) is 51.0 Å². The van der Waals surface area contributed by atoms with Gasteiger partial charge in [-0.1, -0.05) is 26.8 Å². The van der Waals surface area contributed by atoms with Gasteiger partial charge < -0.3 is 33.7 Å². The van der Waals surface area contributed by atoms with Crippen LogP contribution in [0.4, 0.5) is 10.5 Å². The number of hydrogen-bond acceptors (Lipinski definition) is 6. The molecule has 1 N–H and O–H groups in total. The van der Waals surface area contributed by atoms with Crippen molar-refractivity contribution in [2.45, 2.75) is 52.8 Å². The standard InChI is InChI=1S/C28H37N3O6/c1-18-23(32)14-25(37-17-21-16-35-11-12-36-21)31-8-7-19-13-20(5-6-22(19)26(18)31)29-9-10-30(27(33)34)24(15-29)28(2,3)4/h5-6,13-14,21,24H,7-12,15-17H2,1-4H3,(H,33,34)/t21-,24?/m0/s1. The molecule has 3 aliphatic heterocycles. The Morgan fingerprint density at radius 3 is 2.68 bits per heavy atom. The summed E-state index contributed by atoms with van der Waals surface area (Å²) >= 11 is 0. The number of pyridine rings is 1. The Balaban J connectivity index is 1.42. The van der Waals surface area contributed by atoms with Crippen LogP contribution in [0.5, 0.6) is 5.88 Å². The van der Waals surface area contributed by atoms with Gasteiger partial charge in [0.05, 0.1) is 31.6 Å². The zero-order valence-electron chi connectivity index (χ0n) is 22.2. The molecule has 1 unspecified atom stereocenters. The Hall–Kier alpha value is -3.04. The summed E-state index contributed by atoms with van der Waals surface area (Å²) < 4.78 is 19.3. The van der Waals surface area contributed by atoms with Gasteiger partial charge in [0, 0.05) is 49.1 Å². The van der Waals surface area contributed by atoms with Crippen molar-refractivity contribution in [1.29, 1.82) is 0 Å². The number of aryl methyl sites for hydroxylation is 1. The van der Waals surface area contributed by atoms with Crippen molar-refractivity contribution < 1.29 is 24.1 Å². The highest BCUT2D eigenvalue weighted by atomic mass is 16.6. The molecule has 0 aliphatic carbocycles. The zero-order chi connectivity index (χ0) is 26.3. The highest BCUT2D eigenvalue weighted by molar-refractivity contribution is 5.73. The van der Waals surface area contributed by atoms with Crippen LogP contribution in [0.25, 0.3) is 11.3 Å². The minimum atomic E-state index is -0.858. The molecule has 2 atom stereocenters. The van der Waals surface area contributed by atoms with Crippen molar-refractivity contribution >= 4 is 11.8 Å². The summed E-state index contributed by atoms with van der Waals surface area (Å²) in [6, 6.07) is 7.87. The molecule has 1 aromatic carbocycles. The van der Waals surface area contributed by atoms with E-state index in [9.17, 15) is 14.7 Å². The lowest BCUT2D eigenvalue weighted by Crippen LogP contribution is -2.59. The van der Waals surface area contributed by atoms with Crippen molar-refractivity contribution in [3.63, 3.8) is 0 Å². The van der Waals surface area contributed by atoms with Gasteiger partial charge in [-0.3, -0.25) is 4.79 Å². The number of nitrogens with zero attached hydrogens (tertiary/aromatic N) is 3. The summed E-state index contributed by atoms with van der Waals surface area (Å²) in [7, 11) is 0. The lowest BCUT2D eigenvalue weighted by Gasteiger charge is -2.46. The number of fused-ring (bicyclic) bond motifs is 3. The van der Waals surface area contributed by atoms with Gasteiger partial charge in [-0.2, -0.15) is 0 Å². The SMILES string of the molecule is Cc1c2n(c(OC[C@@H]3COCCO3)cc1=O)CCc1cc(N3CCN(C(=O)O)C(C(C)(C)C)C3)ccc1-2. The van der Waals surface area contributed by atoms with E-state index in [2.05, 4.69) is 48.4 Å². The van der Waals surface area contributed by atoms with Crippen LogP contribution in [0.15, 0.2) is 29.1 Å². The molecule has 2 saturated heterocycles. The monoisotopic (exact) mass is 511 g/mol. The van der Waals surface area contributed by atoms with Gasteiger partial charge in [0.1, 0.15) is 12.7 Å². The molecule has 200 valence electrons. The van der Waals surface area contributed by atoms with Crippen LogP contribution in [-0.4, -0.2) is 78.9 Å². The molecule has 5 rings (SSSR count). The van der Waals surface area contributed by atoms with E-state index in [1.165, 1.54) is 5.56 Å². The quantitative estimate of drug-likeness (QED) is 0.673. The summed E-state index contributed by atoms with van der Waals surface area (Å²) in [5.41, 5.74) is 4.72. The predicted octanol–water partition coefficient (Wildman–Crippen LogP) is 3.39. The molecule has 0 saturated carbocycles. The third-order valence-corrected chi connectivity index (χ3v) is 7.76. The fourth-order valence-electron chi connectivity index (χ4n) is 5.66. The first-order valence-corrected chi connectivity index (χ1v) is 13.1. The Labute approximate surface area is 217 Å². The Morgan fingerprint density at radius 2 is 1.97 bits per heavy atom. The maximum Gasteiger partial charge on any atom is 0.407 e. The number of piperazine rings is 1. The fourth-order valence-corrected chi connectivity index (χ4v) is 5.66. The van der Waals surface area contributed by atoms with Gasteiger partial charge in [-0.15, -0.1) is 0 Å². The number of amides is 1. The van der Waals surface area contributed by atoms with E-state index in [-0.39, 0.29) is 23.0 Å². The van der Waals surface area contributed by atoms with Crippen molar-refractivity contribution in [3.05, 3.63) is 45.6 Å². The first-order chi connectivity index (χ1) is 17.6. The van der Waals surface area contributed by atoms with Crippen LogP contribution in [0.2, 0.25) is 0 Å². The highest BCUT2D eigenvalue weighted by Crippen LogP contribution is 2.37. The van der Waals surface area contributed by atoms with Crippen molar-refractivity contribution in [1.82, 2.24) is 9.47 Å². The molecule has 0 bridgehead atoms. The Bertz CT molecular complexity index is 1230. The van der Waals surface area contributed by atoms with Gasteiger partial charge in [-0.25, -0.2) is 4.79 Å². The molecule has 9 nitrogen and oxygen atoms in total. The minimum absolute atomic E-state index is 0.0446. The average molecular weight is 512 g/mol. The van der Waals surface area contributed by atoms with E-state index in [0.717, 1.165) is 23.4 Å². The zero-order valence-corrected chi connectivity index (χ0v) is 22.2. The largest absolute Gasteiger partial charge is 0.476 e. The summed E-state index contributed by atoms with van der Waals surface area (Å²) in [4.78, 5) is 28.6. The van der Waals surface area contributed by atoms with E-state index in [4.69, 9.17) is 14.2 Å². The summed E-state index contributed by atoms with van der Waals surface area (Å²) in [5, 5.41) is 9.72. The third kappa shape index (κ3) is 5.07. The van der Waals surface area contributed by atoms with Gasteiger partial charge in [-0.05, 0) is 36.5 Å². The second-order valence-corrected chi connectivity index (χ2v) is 11.2. The van der Waals surface area contributed by atoms with Crippen LogP contribution in [-0.2, 0) is 22.4 Å². The van der Waals surface area contributed by atoms with Gasteiger partial charge in [0.2, 0.25) is 0 Å². The van der Waals surface area contributed by atoms with Crippen LogP contribution < -0.4 is 15.1 Å². The molecule has 3 aliphatic rings. The maximum atomic E-state index is 12.9. The minimum Gasteiger partial charge on any atom is -0.476 e. The Kier molecular flexibility index (Phi) is 6.93. The highest BCUT2D eigenvalue weighted by Gasteiger charge is 2.38. The number of aromatic nitrogens is 1. The molecule has 1 amide bonds. The van der Waals surface area contributed by atoms with Crippen molar-refractivity contribution in [3.8, 4) is 17.1 Å². The number of ether oxygens (including phenoxy) is 3. The van der Waals surface area contributed by atoms with Gasteiger partial charge in [0.25, 0.3) is 0 Å². The summed E-state index contributed by atoms with van der Waals surface area (Å²) in [6.45, 7) is 12.6. The second-order valence-electron chi connectivity index (χ2n) is 11.2. The lowest BCUT2D eigenvalue weighted by molar-refractivity contribution is -0.102. The molecule has 2 fully saturated rings. The van der Waals surface area contributed by atoms with Gasteiger partial charge in [0.15, 0.2) is 11.3 Å². The number of benzene rings is 1. The molecule has 37 heavy (non-hydrogen) atoms. The van der Waals surface area contributed by atoms with E-state index in [1.807, 2.05) is 6.92 Å². The molecule has 0 radical (unpaired) electrons. The number of rotatable bonds is 4. The van der Waals surface area contributed by atoms with Gasteiger partial charge >= 0.3 is 6.09 Å². The molecular weight excluding hydrogens is 474 g/mol. The Morgan fingerprint density at radius 1 is 1.16 bits per heavy atom. The van der Waals surface area contributed by atoms with E-state index in [0.29, 0.717) is 64.0 Å². The van der Waals surface area contributed by atoms with E-state index >= 15 is 0 Å². The molecule has 1 aromatic heterocycles. The van der Waals surface area contributed by atoms with E-state index in [1.54, 1.807) is 11.0 Å². The summed E-state index contributed by atoms with van der Waals surface area (Å²) in [6.07, 6.45) is -0.183. The van der Waals surface area contributed by atoms with E-state index < -0.39 is 6.09 Å².